The van der Waals surface area contributed by atoms with Crippen molar-refractivity contribution in [2.75, 3.05) is 19.5 Å². The average molecular weight is 370 g/mol. The lowest BCUT2D eigenvalue weighted by atomic mass is 10.1. The SMILES string of the molecule is C=CCCc1cn(C2OC(CCP(=C)(C)C)[C@@H](O)[C@H]2O)c(=O)[nH]c1=O. The number of nitrogens with one attached hydrogen (secondary N) is 1. The highest BCUT2D eigenvalue weighted by Gasteiger charge is 2.43. The maximum Gasteiger partial charge on any atom is 0.330 e. The smallest absolute Gasteiger partial charge is 0.330 e. The van der Waals surface area contributed by atoms with Crippen LogP contribution in [0.25, 0.3) is 0 Å². The van der Waals surface area contributed by atoms with Crippen molar-refractivity contribution < 1.29 is 14.9 Å². The van der Waals surface area contributed by atoms with E-state index in [1.54, 1.807) is 6.08 Å². The maximum absolute atomic E-state index is 12.1. The van der Waals surface area contributed by atoms with Gasteiger partial charge in [0.1, 0.15) is 12.2 Å². The predicted octanol–water partition coefficient (Wildman–Crippen LogP) is 0.374. The molecule has 2 heterocycles. The molecule has 7 nitrogen and oxygen atoms in total. The number of H-pyrrole nitrogens is 1. The van der Waals surface area contributed by atoms with Crippen LogP contribution in [0.15, 0.2) is 28.4 Å². The van der Waals surface area contributed by atoms with Gasteiger partial charge in [0, 0.05) is 11.8 Å². The van der Waals surface area contributed by atoms with Gasteiger partial charge in [-0.05, 0) is 38.8 Å². The van der Waals surface area contributed by atoms with Crippen molar-refractivity contribution in [1.29, 1.82) is 0 Å². The van der Waals surface area contributed by atoms with Crippen LogP contribution in [0.5, 0.6) is 0 Å². The molecule has 4 atom stereocenters. The summed E-state index contributed by atoms with van der Waals surface area (Å²) in [6, 6.07) is 0. The molecule has 140 valence electrons. The number of hydrogen-bond acceptors (Lipinski definition) is 5. The topological polar surface area (TPSA) is 105 Å². The summed E-state index contributed by atoms with van der Waals surface area (Å²) >= 11 is 0. The van der Waals surface area contributed by atoms with Gasteiger partial charge >= 0.3 is 5.69 Å². The first-order valence-corrected chi connectivity index (χ1v) is 11.3. The molecule has 0 bridgehead atoms. The van der Waals surface area contributed by atoms with Crippen LogP contribution < -0.4 is 11.2 Å². The Morgan fingerprint density at radius 3 is 2.64 bits per heavy atom. The molecule has 1 aromatic heterocycles. The molecule has 1 aliphatic heterocycles. The van der Waals surface area contributed by atoms with E-state index in [-0.39, 0.29) is 0 Å². The molecule has 1 saturated heterocycles. The zero-order valence-corrected chi connectivity index (χ0v) is 15.6. The molecule has 1 aliphatic rings. The van der Waals surface area contributed by atoms with Crippen LogP contribution in [0.3, 0.4) is 0 Å². The number of aromatic nitrogens is 2. The largest absolute Gasteiger partial charge is 0.388 e. The number of aryl methyl sites for hydroxylation is 1. The lowest BCUT2D eigenvalue weighted by molar-refractivity contribution is -0.0404. The summed E-state index contributed by atoms with van der Waals surface area (Å²) in [5.74, 6) is 0. The molecule has 0 aromatic carbocycles. The van der Waals surface area contributed by atoms with Crippen LogP contribution in [0.1, 0.15) is 24.6 Å². The van der Waals surface area contributed by atoms with E-state index in [1.807, 2.05) is 0 Å². The van der Waals surface area contributed by atoms with Crippen molar-refractivity contribution >= 4 is 13.2 Å². The minimum Gasteiger partial charge on any atom is -0.388 e. The number of aliphatic hydroxyl groups excluding tert-OH is 2. The van der Waals surface area contributed by atoms with Gasteiger partial charge in [-0.1, -0.05) is 6.08 Å². The van der Waals surface area contributed by atoms with Crippen LogP contribution in [-0.2, 0) is 11.2 Å². The number of aromatic amines is 1. The van der Waals surface area contributed by atoms with Gasteiger partial charge in [-0.25, -0.2) is 4.79 Å². The van der Waals surface area contributed by atoms with Gasteiger partial charge < -0.3 is 14.9 Å². The van der Waals surface area contributed by atoms with Crippen LogP contribution in [0, 0.1) is 0 Å². The minimum atomic E-state index is -1.29. The van der Waals surface area contributed by atoms with Crippen LogP contribution in [0.4, 0.5) is 0 Å². The fourth-order valence-corrected chi connectivity index (χ4v) is 3.78. The van der Waals surface area contributed by atoms with Crippen molar-refractivity contribution in [3.05, 3.63) is 45.3 Å². The summed E-state index contributed by atoms with van der Waals surface area (Å²) in [5, 5.41) is 20.6. The second kappa shape index (κ2) is 7.87. The molecule has 0 amide bonds. The van der Waals surface area contributed by atoms with Crippen molar-refractivity contribution in [3.8, 4) is 0 Å². The monoisotopic (exact) mass is 370 g/mol. The Labute approximate surface area is 146 Å². The summed E-state index contributed by atoms with van der Waals surface area (Å²) in [6.07, 6.45) is 5.63. The first kappa shape index (κ1) is 19.9. The number of aliphatic hydroxyl groups is 2. The Kier molecular flexibility index (Phi) is 6.27. The zero-order chi connectivity index (χ0) is 18.8. The van der Waals surface area contributed by atoms with Gasteiger partial charge in [0.05, 0.1) is 6.10 Å². The molecule has 1 aromatic rings. The van der Waals surface area contributed by atoms with E-state index < -0.39 is 42.7 Å². The first-order chi connectivity index (χ1) is 11.6. The Bertz CT molecular complexity index is 778. The number of hydrogen-bond donors (Lipinski definition) is 3. The lowest BCUT2D eigenvalue weighted by Gasteiger charge is -2.19. The van der Waals surface area contributed by atoms with Gasteiger partial charge in [-0.3, -0.25) is 14.3 Å². The van der Waals surface area contributed by atoms with E-state index in [0.29, 0.717) is 24.8 Å². The lowest BCUT2D eigenvalue weighted by Crippen LogP contribution is -2.38. The normalized spacial score (nSPS) is 26.7. The number of allylic oxidation sites excluding steroid dienone is 1. The Morgan fingerprint density at radius 2 is 2.04 bits per heavy atom. The molecule has 1 fully saturated rings. The Morgan fingerprint density at radius 1 is 1.36 bits per heavy atom. The molecule has 3 N–H and O–H groups in total. The van der Waals surface area contributed by atoms with Crippen molar-refractivity contribution in [2.45, 2.75) is 43.8 Å². The molecule has 8 heteroatoms. The van der Waals surface area contributed by atoms with E-state index >= 15 is 0 Å². The van der Waals surface area contributed by atoms with E-state index in [4.69, 9.17) is 4.74 Å². The Hall–Kier alpha value is -1.40. The fraction of sp³-hybridized carbons (Fsp3) is 0.588. The molecule has 2 unspecified atom stereocenters. The highest BCUT2D eigenvalue weighted by atomic mass is 31.2. The van der Waals surface area contributed by atoms with Gasteiger partial charge in [0.15, 0.2) is 6.23 Å². The second-order valence-corrected chi connectivity index (χ2v) is 11.5. The molecule has 0 spiro atoms. The van der Waals surface area contributed by atoms with Gasteiger partial charge in [-0.2, -0.15) is 0 Å². The highest BCUT2D eigenvalue weighted by molar-refractivity contribution is 7.72. The molecular weight excluding hydrogens is 343 g/mol. The van der Waals surface area contributed by atoms with E-state index in [2.05, 4.69) is 31.2 Å². The molecule has 0 radical (unpaired) electrons. The first-order valence-electron chi connectivity index (χ1n) is 8.28. The molecule has 0 aliphatic carbocycles. The molecule has 25 heavy (non-hydrogen) atoms. The van der Waals surface area contributed by atoms with Gasteiger partial charge in [-0.15, -0.1) is 19.8 Å². The summed E-state index contributed by atoms with van der Waals surface area (Å²) in [6.45, 7) is 6.49. The van der Waals surface area contributed by atoms with Crippen LogP contribution >= 0.6 is 6.89 Å². The van der Waals surface area contributed by atoms with Gasteiger partial charge in [0.25, 0.3) is 5.56 Å². The van der Waals surface area contributed by atoms with E-state index in [9.17, 15) is 19.8 Å². The van der Waals surface area contributed by atoms with Gasteiger partial charge in [0.2, 0.25) is 0 Å². The minimum absolute atomic E-state index is 0.401. The second-order valence-electron chi connectivity index (χ2n) is 7.14. The summed E-state index contributed by atoms with van der Waals surface area (Å²) < 4.78 is 6.91. The van der Waals surface area contributed by atoms with E-state index in [0.717, 1.165) is 10.7 Å². The summed E-state index contributed by atoms with van der Waals surface area (Å²) in [7, 11) is 0. The standard InChI is InChI=1S/C17H27N2O5P/c1-5-6-7-11-10-19(17(23)18-15(11)22)16-14(21)13(20)12(24-16)8-9-25(2,3)4/h5,10,12-14,16,20-21H,1-2,6-9H2,3-4H3,(H,18,22,23)/t12?,13-,14-,16?/m1/s1. The van der Waals surface area contributed by atoms with Crippen LogP contribution in [-0.4, -0.2) is 63.9 Å². The van der Waals surface area contributed by atoms with E-state index in [1.165, 1.54) is 6.20 Å². The number of rotatable bonds is 7. The third-order valence-electron chi connectivity index (χ3n) is 4.29. The van der Waals surface area contributed by atoms with Crippen LogP contribution in [0.2, 0.25) is 0 Å². The van der Waals surface area contributed by atoms with Crippen molar-refractivity contribution in [2.24, 2.45) is 0 Å². The summed E-state index contributed by atoms with van der Waals surface area (Å²) in [4.78, 5) is 26.3. The average Bonchev–Trinajstić information content (AvgIpc) is 2.80. The van der Waals surface area contributed by atoms with Crippen molar-refractivity contribution in [1.82, 2.24) is 9.55 Å². The molecular formula is C17H27N2O5P. The third-order valence-corrected chi connectivity index (χ3v) is 5.76. The number of nitrogens with zero attached hydrogens (tertiary/aromatic N) is 1. The maximum atomic E-state index is 12.1. The highest BCUT2D eigenvalue weighted by Crippen LogP contribution is 2.39. The molecule has 2 rings (SSSR count). The van der Waals surface area contributed by atoms with Crippen molar-refractivity contribution in [3.63, 3.8) is 0 Å². The summed E-state index contributed by atoms with van der Waals surface area (Å²) in [5.41, 5.74) is -0.733. The number of ether oxygens (including phenoxy) is 1. The predicted molar refractivity (Wildman–Crippen MR) is 101 cm³/mol. The zero-order valence-electron chi connectivity index (χ0n) is 14.7. The fourth-order valence-electron chi connectivity index (χ4n) is 2.83. The Balaban J connectivity index is 2.26. The third kappa shape index (κ3) is 4.82. The molecule has 0 saturated carbocycles. The quantitative estimate of drug-likeness (QED) is 0.475.